The maximum Gasteiger partial charge on any atom is 0.344 e. The number of aromatic nitrogens is 3. The first kappa shape index (κ1) is 15.2. The van der Waals surface area contributed by atoms with Crippen LogP contribution in [0.4, 0.5) is 0 Å². The predicted octanol–water partition coefficient (Wildman–Crippen LogP) is 2.46. The summed E-state index contributed by atoms with van der Waals surface area (Å²) in [7, 11) is 0. The minimum atomic E-state index is -0.213. The van der Waals surface area contributed by atoms with E-state index in [1.54, 1.807) is 4.57 Å². The number of hydrogen-bond acceptors (Lipinski definition) is 4. The Bertz CT molecular complexity index is 650. The molecule has 7 heteroatoms. The molecule has 1 heterocycles. The van der Waals surface area contributed by atoms with Crippen molar-refractivity contribution in [2.45, 2.75) is 36.4 Å². The second kappa shape index (κ2) is 6.47. The Labute approximate surface area is 126 Å². The van der Waals surface area contributed by atoms with Gasteiger partial charge in [0.05, 0.1) is 5.02 Å². The molecule has 0 atom stereocenters. The SMILES string of the molecule is CC(C)n1c(Sc2c(Cl)cccc2CCN)n[nH]c1=O. The molecule has 0 amide bonds. The molecule has 0 aliphatic carbocycles. The highest BCUT2D eigenvalue weighted by atomic mass is 35.5. The lowest BCUT2D eigenvalue weighted by molar-refractivity contribution is 0.534. The second-order valence-corrected chi connectivity index (χ2v) is 6.03. The minimum absolute atomic E-state index is 0.0317. The van der Waals surface area contributed by atoms with Crippen LogP contribution in [-0.2, 0) is 6.42 Å². The lowest BCUT2D eigenvalue weighted by Gasteiger charge is -2.12. The summed E-state index contributed by atoms with van der Waals surface area (Å²) in [6.45, 7) is 4.42. The van der Waals surface area contributed by atoms with E-state index in [4.69, 9.17) is 17.3 Å². The van der Waals surface area contributed by atoms with Crippen LogP contribution in [0.2, 0.25) is 5.02 Å². The number of nitrogens with zero attached hydrogens (tertiary/aromatic N) is 2. The molecule has 0 radical (unpaired) electrons. The third-order valence-electron chi connectivity index (χ3n) is 2.84. The van der Waals surface area contributed by atoms with E-state index in [0.717, 1.165) is 16.9 Å². The molecule has 0 fully saturated rings. The molecule has 1 aromatic heterocycles. The third-order valence-corrected chi connectivity index (χ3v) is 4.43. The van der Waals surface area contributed by atoms with Crippen LogP contribution in [0, 0.1) is 0 Å². The summed E-state index contributed by atoms with van der Waals surface area (Å²) in [5.41, 5.74) is 6.48. The summed E-state index contributed by atoms with van der Waals surface area (Å²) in [4.78, 5) is 12.6. The molecule has 0 unspecified atom stereocenters. The van der Waals surface area contributed by atoms with Crippen LogP contribution in [0.5, 0.6) is 0 Å². The van der Waals surface area contributed by atoms with E-state index >= 15 is 0 Å². The van der Waals surface area contributed by atoms with Crippen LogP contribution < -0.4 is 11.4 Å². The van der Waals surface area contributed by atoms with Gasteiger partial charge in [0.25, 0.3) is 0 Å². The standard InChI is InChI=1S/C13H17ClN4OS/c1-8(2)18-12(19)16-17-13(18)20-11-9(6-7-15)4-3-5-10(11)14/h3-5,8H,6-7,15H2,1-2H3,(H,16,19). The van der Waals surface area contributed by atoms with Gasteiger partial charge < -0.3 is 5.73 Å². The van der Waals surface area contributed by atoms with E-state index in [9.17, 15) is 4.79 Å². The van der Waals surface area contributed by atoms with Gasteiger partial charge in [0.15, 0.2) is 5.16 Å². The molecule has 0 aliphatic rings. The molecular weight excluding hydrogens is 296 g/mol. The molecule has 2 aromatic rings. The highest BCUT2D eigenvalue weighted by Gasteiger charge is 2.16. The number of nitrogens with one attached hydrogen (secondary N) is 1. The van der Waals surface area contributed by atoms with Gasteiger partial charge in [-0.25, -0.2) is 9.89 Å². The van der Waals surface area contributed by atoms with Crippen molar-refractivity contribution in [3.05, 3.63) is 39.3 Å². The van der Waals surface area contributed by atoms with Crippen LogP contribution in [0.25, 0.3) is 0 Å². The molecule has 0 saturated carbocycles. The Balaban J connectivity index is 2.42. The molecular formula is C13H17ClN4OS. The normalized spacial score (nSPS) is 11.2. The Morgan fingerprint density at radius 2 is 2.25 bits per heavy atom. The van der Waals surface area contributed by atoms with E-state index in [1.807, 2.05) is 32.0 Å². The van der Waals surface area contributed by atoms with Gasteiger partial charge in [-0.1, -0.05) is 23.7 Å². The smallest absolute Gasteiger partial charge is 0.330 e. The zero-order chi connectivity index (χ0) is 14.7. The summed E-state index contributed by atoms with van der Waals surface area (Å²) in [5.74, 6) is 0. The van der Waals surface area contributed by atoms with Crippen LogP contribution in [-0.4, -0.2) is 21.3 Å². The van der Waals surface area contributed by atoms with Gasteiger partial charge >= 0.3 is 5.69 Å². The van der Waals surface area contributed by atoms with Crippen molar-refractivity contribution in [1.29, 1.82) is 0 Å². The van der Waals surface area contributed by atoms with Crippen molar-refractivity contribution in [2.75, 3.05) is 6.54 Å². The number of nitrogens with two attached hydrogens (primary N) is 1. The maximum atomic E-state index is 11.7. The lowest BCUT2D eigenvalue weighted by Crippen LogP contribution is -2.19. The highest BCUT2D eigenvalue weighted by Crippen LogP contribution is 2.35. The average Bonchev–Trinajstić information content (AvgIpc) is 2.75. The van der Waals surface area contributed by atoms with Gasteiger partial charge in [0.1, 0.15) is 0 Å². The molecule has 0 bridgehead atoms. The summed E-state index contributed by atoms with van der Waals surface area (Å²) in [6.07, 6.45) is 0.735. The molecule has 5 nitrogen and oxygen atoms in total. The zero-order valence-corrected chi connectivity index (χ0v) is 13.0. The Hall–Kier alpha value is -1.24. The van der Waals surface area contributed by atoms with Crippen molar-refractivity contribution in [2.24, 2.45) is 5.73 Å². The van der Waals surface area contributed by atoms with Gasteiger partial charge in [0, 0.05) is 10.9 Å². The molecule has 3 N–H and O–H groups in total. The first-order valence-electron chi connectivity index (χ1n) is 6.36. The van der Waals surface area contributed by atoms with Gasteiger partial charge in [-0.05, 0) is 50.2 Å². The van der Waals surface area contributed by atoms with Gasteiger partial charge in [0.2, 0.25) is 0 Å². The third kappa shape index (κ3) is 3.08. The predicted molar refractivity (Wildman–Crippen MR) is 81.6 cm³/mol. The van der Waals surface area contributed by atoms with E-state index < -0.39 is 0 Å². The number of aromatic amines is 1. The van der Waals surface area contributed by atoms with Crippen LogP contribution in [0.1, 0.15) is 25.5 Å². The first-order chi connectivity index (χ1) is 9.54. The maximum absolute atomic E-state index is 11.7. The molecule has 0 spiro atoms. The van der Waals surface area contributed by atoms with Crippen molar-refractivity contribution in [1.82, 2.24) is 14.8 Å². The topological polar surface area (TPSA) is 76.7 Å². The fraction of sp³-hybridized carbons (Fsp3) is 0.385. The fourth-order valence-electron chi connectivity index (χ4n) is 1.93. The summed E-state index contributed by atoms with van der Waals surface area (Å²) in [5, 5.41) is 7.80. The van der Waals surface area contributed by atoms with Crippen molar-refractivity contribution in [3.8, 4) is 0 Å². The molecule has 0 aliphatic heterocycles. The van der Waals surface area contributed by atoms with Crippen molar-refractivity contribution < 1.29 is 0 Å². The van der Waals surface area contributed by atoms with Crippen molar-refractivity contribution in [3.63, 3.8) is 0 Å². The number of halogens is 1. The highest BCUT2D eigenvalue weighted by molar-refractivity contribution is 7.99. The molecule has 2 rings (SSSR count). The lowest BCUT2D eigenvalue weighted by atomic mass is 10.1. The first-order valence-corrected chi connectivity index (χ1v) is 7.56. The summed E-state index contributed by atoms with van der Waals surface area (Å²) in [6, 6.07) is 5.75. The average molecular weight is 313 g/mol. The molecule has 0 saturated heterocycles. The van der Waals surface area contributed by atoms with E-state index in [1.165, 1.54) is 11.8 Å². The van der Waals surface area contributed by atoms with Crippen LogP contribution in [0.3, 0.4) is 0 Å². The number of hydrogen-bond donors (Lipinski definition) is 2. The fourth-order valence-corrected chi connectivity index (χ4v) is 3.37. The largest absolute Gasteiger partial charge is 0.344 e. The number of H-pyrrole nitrogens is 1. The summed E-state index contributed by atoms with van der Waals surface area (Å²) < 4.78 is 1.61. The van der Waals surface area contributed by atoms with Crippen molar-refractivity contribution >= 4 is 23.4 Å². The van der Waals surface area contributed by atoms with E-state index in [-0.39, 0.29) is 11.7 Å². The molecule has 1 aromatic carbocycles. The number of benzene rings is 1. The Morgan fingerprint density at radius 3 is 2.90 bits per heavy atom. The van der Waals surface area contributed by atoms with Gasteiger partial charge in [-0.2, -0.15) is 0 Å². The van der Waals surface area contributed by atoms with Crippen LogP contribution >= 0.6 is 23.4 Å². The zero-order valence-electron chi connectivity index (χ0n) is 11.4. The Kier molecular flexibility index (Phi) is 4.91. The van der Waals surface area contributed by atoms with Crippen LogP contribution in [0.15, 0.2) is 33.0 Å². The molecule has 108 valence electrons. The van der Waals surface area contributed by atoms with Gasteiger partial charge in [-0.15, -0.1) is 5.10 Å². The quantitative estimate of drug-likeness (QED) is 0.889. The van der Waals surface area contributed by atoms with E-state index in [0.29, 0.717) is 16.7 Å². The van der Waals surface area contributed by atoms with E-state index in [2.05, 4.69) is 10.2 Å². The second-order valence-electron chi connectivity index (χ2n) is 4.64. The molecule has 20 heavy (non-hydrogen) atoms. The van der Waals surface area contributed by atoms with Gasteiger partial charge in [-0.3, -0.25) is 4.57 Å². The summed E-state index contributed by atoms with van der Waals surface area (Å²) >= 11 is 7.66. The monoisotopic (exact) mass is 312 g/mol. The minimum Gasteiger partial charge on any atom is -0.330 e. The Morgan fingerprint density at radius 1 is 1.50 bits per heavy atom. The number of rotatable bonds is 5.